The Morgan fingerprint density at radius 1 is 0.667 bits per heavy atom. The molecule has 4 aliphatic carbocycles. The molecule has 2 saturated carbocycles. The van der Waals surface area contributed by atoms with Gasteiger partial charge in [-0.25, -0.2) is 0 Å². The van der Waals surface area contributed by atoms with Crippen molar-refractivity contribution in [2.24, 2.45) is 35.5 Å². The summed E-state index contributed by atoms with van der Waals surface area (Å²) in [4.78, 5) is 0. The van der Waals surface area contributed by atoms with Gasteiger partial charge in [-0.3, -0.25) is 0 Å². The molecule has 0 N–H and O–H groups in total. The van der Waals surface area contributed by atoms with Crippen LogP contribution in [0.15, 0.2) is 24.3 Å². The minimum Gasteiger partial charge on any atom is -0.0845 e. The van der Waals surface area contributed by atoms with Crippen LogP contribution in [0.2, 0.25) is 0 Å². The predicted molar refractivity (Wildman–Crippen MR) is 48.5 cm³/mol. The first-order chi connectivity index (χ1) is 5.93. The zero-order valence-electron chi connectivity index (χ0n) is 7.19. The topological polar surface area (TPSA) is 0 Å². The van der Waals surface area contributed by atoms with Crippen molar-refractivity contribution in [3.63, 3.8) is 0 Å². The molecule has 0 spiro atoms. The first-order valence-corrected chi connectivity index (χ1v) is 5.30. The Hall–Kier alpha value is -0.520. The van der Waals surface area contributed by atoms with Gasteiger partial charge >= 0.3 is 0 Å². The quantitative estimate of drug-likeness (QED) is 0.475. The van der Waals surface area contributed by atoms with Gasteiger partial charge < -0.3 is 0 Å². The lowest BCUT2D eigenvalue weighted by molar-refractivity contribution is 0.371. The fraction of sp³-hybridized carbons (Fsp3) is 0.667. The highest BCUT2D eigenvalue weighted by atomic mass is 14.6. The van der Waals surface area contributed by atoms with Crippen molar-refractivity contribution in [3.05, 3.63) is 24.3 Å². The Morgan fingerprint density at radius 3 is 1.67 bits per heavy atom. The molecule has 0 aromatic heterocycles. The van der Waals surface area contributed by atoms with Crippen LogP contribution in [-0.2, 0) is 0 Å². The maximum absolute atomic E-state index is 2.53. The van der Waals surface area contributed by atoms with Crippen molar-refractivity contribution in [3.8, 4) is 0 Å². The normalized spacial score (nSPS) is 63.3. The fourth-order valence-electron chi connectivity index (χ4n) is 4.34. The highest BCUT2D eigenvalue weighted by Crippen LogP contribution is 2.61. The zero-order chi connectivity index (χ0) is 7.71. The molecule has 6 atom stereocenters. The molecular weight excluding hydrogens is 144 g/mol. The van der Waals surface area contributed by atoms with E-state index in [4.69, 9.17) is 0 Å². The minimum atomic E-state index is 0.925. The molecule has 0 aliphatic heterocycles. The molecule has 6 unspecified atom stereocenters. The van der Waals surface area contributed by atoms with Gasteiger partial charge in [-0.15, -0.1) is 0 Å². The van der Waals surface area contributed by atoms with Crippen LogP contribution in [0.5, 0.6) is 0 Å². The van der Waals surface area contributed by atoms with Gasteiger partial charge in [-0.05, 0) is 48.3 Å². The summed E-state index contributed by atoms with van der Waals surface area (Å²) < 4.78 is 0. The highest BCUT2D eigenvalue weighted by molar-refractivity contribution is 5.25. The molecule has 12 heavy (non-hydrogen) atoms. The summed E-state index contributed by atoms with van der Waals surface area (Å²) in [6.45, 7) is 0. The molecule has 0 aromatic carbocycles. The second-order valence-corrected chi connectivity index (χ2v) is 5.05. The number of allylic oxidation sites excluding steroid dienone is 4. The van der Waals surface area contributed by atoms with Gasteiger partial charge in [-0.2, -0.15) is 0 Å². The molecule has 0 heterocycles. The maximum atomic E-state index is 2.53. The summed E-state index contributed by atoms with van der Waals surface area (Å²) in [5.74, 6) is 5.88. The van der Waals surface area contributed by atoms with Crippen LogP contribution in [0.4, 0.5) is 0 Å². The van der Waals surface area contributed by atoms with E-state index in [-0.39, 0.29) is 0 Å². The summed E-state index contributed by atoms with van der Waals surface area (Å²) in [5.41, 5.74) is 0. The van der Waals surface area contributed by atoms with E-state index in [1.807, 2.05) is 0 Å². The van der Waals surface area contributed by atoms with Gasteiger partial charge in [0.15, 0.2) is 0 Å². The Labute approximate surface area is 73.4 Å². The second kappa shape index (κ2) is 1.71. The zero-order valence-corrected chi connectivity index (χ0v) is 7.19. The third-order valence-corrected chi connectivity index (χ3v) is 4.78. The van der Waals surface area contributed by atoms with Crippen LogP contribution in [0.25, 0.3) is 0 Å². The van der Waals surface area contributed by atoms with E-state index in [0.717, 1.165) is 35.5 Å². The largest absolute Gasteiger partial charge is 0.0845 e. The molecule has 0 aromatic rings. The van der Waals surface area contributed by atoms with Gasteiger partial charge in [0.05, 0.1) is 0 Å². The predicted octanol–water partition coefficient (Wildman–Crippen LogP) is 2.63. The Morgan fingerprint density at radius 2 is 1.17 bits per heavy atom. The lowest BCUT2D eigenvalue weighted by Crippen LogP contribution is -2.19. The second-order valence-electron chi connectivity index (χ2n) is 5.05. The van der Waals surface area contributed by atoms with Crippen LogP contribution in [0.1, 0.15) is 12.8 Å². The van der Waals surface area contributed by atoms with Gasteiger partial charge in [0.1, 0.15) is 0 Å². The number of hydrogen-bond donors (Lipinski definition) is 0. The summed E-state index contributed by atoms with van der Waals surface area (Å²) in [7, 11) is 0. The van der Waals surface area contributed by atoms with Gasteiger partial charge in [0, 0.05) is 0 Å². The van der Waals surface area contributed by atoms with Gasteiger partial charge in [0.2, 0.25) is 0 Å². The molecule has 62 valence electrons. The third kappa shape index (κ3) is 0.485. The van der Waals surface area contributed by atoms with E-state index >= 15 is 0 Å². The minimum absolute atomic E-state index is 0.925. The fourth-order valence-corrected chi connectivity index (χ4v) is 4.34. The molecular formula is C12H14. The standard InChI is InChI=1S/C12H14/c1-3-9-8-2-4-10-7(1)5-11(9)12(10)6-8/h1-4,7-12H,5-6H2. The molecule has 4 aliphatic rings. The van der Waals surface area contributed by atoms with Crippen LogP contribution in [0, 0.1) is 35.5 Å². The van der Waals surface area contributed by atoms with Crippen LogP contribution >= 0.6 is 0 Å². The average Bonchev–Trinajstić information content (AvgIpc) is 2.51. The molecule has 2 fully saturated rings. The highest BCUT2D eigenvalue weighted by Gasteiger charge is 2.54. The van der Waals surface area contributed by atoms with Gasteiger partial charge in [-0.1, -0.05) is 24.3 Å². The van der Waals surface area contributed by atoms with E-state index in [9.17, 15) is 0 Å². The molecule has 0 nitrogen and oxygen atoms in total. The SMILES string of the molecule is C1=CC2C3C=CC4C1CC2C4C3. The van der Waals surface area contributed by atoms with E-state index in [1.54, 1.807) is 0 Å². The lowest BCUT2D eigenvalue weighted by atomic mass is 9.77. The van der Waals surface area contributed by atoms with Crippen molar-refractivity contribution in [2.45, 2.75) is 12.8 Å². The average molecular weight is 158 g/mol. The molecule has 0 radical (unpaired) electrons. The monoisotopic (exact) mass is 158 g/mol. The molecule has 0 saturated heterocycles. The third-order valence-electron chi connectivity index (χ3n) is 4.78. The van der Waals surface area contributed by atoms with Crippen molar-refractivity contribution < 1.29 is 0 Å². The first-order valence-electron chi connectivity index (χ1n) is 5.30. The Bertz CT molecular complexity index is 256. The van der Waals surface area contributed by atoms with Crippen LogP contribution < -0.4 is 0 Å². The van der Waals surface area contributed by atoms with Crippen molar-refractivity contribution in [1.29, 1.82) is 0 Å². The van der Waals surface area contributed by atoms with E-state index in [2.05, 4.69) is 24.3 Å². The lowest BCUT2D eigenvalue weighted by Gasteiger charge is -2.28. The molecule has 4 bridgehead atoms. The summed E-state index contributed by atoms with van der Waals surface area (Å²) in [6, 6.07) is 0. The molecule has 0 amide bonds. The van der Waals surface area contributed by atoms with Gasteiger partial charge in [0.25, 0.3) is 0 Å². The molecule has 4 rings (SSSR count). The van der Waals surface area contributed by atoms with Crippen molar-refractivity contribution >= 4 is 0 Å². The summed E-state index contributed by atoms with van der Waals surface area (Å²) in [5, 5.41) is 0. The van der Waals surface area contributed by atoms with Crippen LogP contribution in [0.3, 0.4) is 0 Å². The van der Waals surface area contributed by atoms with E-state index in [1.165, 1.54) is 12.8 Å². The first kappa shape index (κ1) is 6.01. The Balaban J connectivity index is 1.99. The number of fused-ring (bicyclic) bond motifs is 4. The summed E-state index contributed by atoms with van der Waals surface area (Å²) >= 11 is 0. The number of hydrogen-bond acceptors (Lipinski definition) is 0. The van der Waals surface area contributed by atoms with Crippen molar-refractivity contribution in [1.82, 2.24) is 0 Å². The molecule has 0 heteroatoms. The van der Waals surface area contributed by atoms with Crippen molar-refractivity contribution in [2.75, 3.05) is 0 Å². The van der Waals surface area contributed by atoms with Crippen LogP contribution in [-0.4, -0.2) is 0 Å². The Kier molecular flexibility index (Phi) is 0.856. The van der Waals surface area contributed by atoms with E-state index in [0.29, 0.717) is 0 Å². The smallest absolute Gasteiger partial charge is 0.0139 e. The maximum Gasteiger partial charge on any atom is -0.0139 e. The number of rotatable bonds is 0. The summed E-state index contributed by atoms with van der Waals surface area (Å²) in [6.07, 6.45) is 13.1. The van der Waals surface area contributed by atoms with E-state index < -0.39 is 0 Å².